The number of amidine groups is 2. The van der Waals surface area contributed by atoms with Gasteiger partial charge in [0, 0.05) is 39.0 Å². The van der Waals surface area contributed by atoms with Gasteiger partial charge in [-0.1, -0.05) is 0 Å². The van der Waals surface area contributed by atoms with Crippen LogP contribution < -0.4 is 28.7 Å². The number of hydrogen-bond acceptors (Lipinski definition) is 12. The molecule has 0 amide bonds. The predicted molar refractivity (Wildman–Crippen MR) is 173 cm³/mol. The van der Waals surface area contributed by atoms with E-state index in [1.165, 1.54) is 56.7 Å². The maximum Gasteiger partial charge on any atom is 0.307 e. The second-order valence-electron chi connectivity index (χ2n) is 8.70. The molecule has 216 valence electrons. The van der Waals surface area contributed by atoms with E-state index in [1.807, 2.05) is 48.5 Å². The van der Waals surface area contributed by atoms with Crippen molar-refractivity contribution in [2.45, 2.75) is 12.8 Å². The van der Waals surface area contributed by atoms with Crippen LogP contribution in [0, 0.1) is 0 Å². The third-order valence-corrected chi connectivity index (χ3v) is 12.3. The van der Waals surface area contributed by atoms with E-state index >= 15 is 0 Å². The van der Waals surface area contributed by atoms with Crippen molar-refractivity contribution < 1.29 is 19.8 Å². The Morgan fingerprint density at radius 2 is 1.14 bits per heavy atom. The lowest BCUT2D eigenvalue weighted by atomic mass is 10.1. The highest BCUT2D eigenvalue weighted by Gasteiger charge is 2.21. The maximum atomic E-state index is 11.7. The summed E-state index contributed by atoms with van der Waals surface area (Å²) >= 11 is 7.34. The molecule has 0 saturated carbocycles. The molecule has 0 unspecified atom stereocenters. The predicted octanol–water partition coefficient (Wildman–Crippen LogP) is 4.58. The van der Waals surface area contributed by atoms with Gasteiger partial charge in [0.15, 0.2) is 11.7 Å². The van der Waals surface area contributed by atoms with Crippen LogP contribution in [0.3, 0.4) is 0 Å². The zero-order valence-electron chi connectivity index (χ0n) is 21.5. The number of hydrogen-bond donors (Lipinski definition) is 7. The molecule has 5 aromatic rings. The summed E-state index contributed by atoms with van der Waals surface area (Å²) in [6, 6.07) is 15.2. The lowest BCUT2D eigenvalue weighted by Crippen LogP contribution is -2.31. The molecular weight excluding hydrogens is 635 g/mol. The quantitative estimate of drug-likeness (QED) is 0.0483. The summed E-state index contributed by atoms with van der Waals surface area (Å²) in [5.41, 5.74) is 9.71. The van der Waals surface area contributed by atoms with E-state index in [0.717, 1.165) is 48.8 Å². The molecule has 0 aliphatic heterocycles. The first-order valence-electron chi connectivity index (χ1n) is 12.0. The molecule has 11 N–H and O–H groups in total. The Morgan fingerprint density at radius 1 is 0.667 bits per heavy atom. The lowest BCUT2D eigenvalue weighted by molar-refractivity contribution is -0.137. The molecule has 5 heterocycles. The number of aliphatic carboxylic acids is 2. The van der Waals surface area contributed by atoms with Gasteiger partial charge < -0.3 is 33.1 Å². The normalized spacial score (nSPS) is 12.1. The van der Waals surface area contributed by atoms with Crippen molar-refractivity contribution in [3.8, 4) is 39.0 Å². The standard InChI is InChI=1S/C26H23N7O4S5/c27-25(31-28)17-5-1-13(38-17)19-7-11(9-21(34)35)23(41-19)15-3-4-16(40-15)24-12(10-22(36)37)8-20(42-24)14-2-6-18(39-14)26(32-29)33-30/h1-8H,9-10,28-30H2,(H2,27,31)(H,32,33)(H,34,35)(H,36,37). The summed E-state index contributed by atoms with van der Waals surface area (Å²) in [5.74, 6) is 14.9. The minimum Gasteiger partial charge on any atom is -0.481 e. The van der Waals surface area contributed by atoms with Crippen LogP contribution in [0.1, 0.15) is 20.9 Å². The highest BCUT2D eigenvalue weighted by atomic mass is 32.1. The number of nitrogens with two attached hydrogens (primary N) is 4. The molecule has 11 nitrogen and oxygen atoms in total. The minimum atomic E-state index is -0.934. The number of nitrogens with one attached hydrogen (secondary N) is 1. The SMILES string of the molecule is N/N=C(\N)c1ccc(-c2cc(CC(=O)O)c(-c3ccc(-c4sc(-c5ccc(/C(=N/N)NN)s5)cc4CC(=O)O)s3)s2)s1. The Balaban J connectivity index is 1.53. The van der Waals surface area contributed by atoms with E-state index in [4.69, 9.17) is 23.3 Å². The van der Waals surface area contributed by atoms with Gasteiger partial charge in [-0.3, -0.25) is 9.59 Å². The highest BCUT2D eigenvalue weighted by Crippen LogP contribution is 2.48. The van der Waals surface area contributed by atoms with Gasteiger partial charge in [-0.25, -0.2) is 5.84 Å². The first-order chi connectivity index (χ1) is 20.2. The average molecular weight is 658 g/mol. The van der Waals surface area contributed by atoms with Crippen molar-refractivity contribution in [3.63, 3.8) is 0 Å². The largest absolute Gasteiger partial charge is 0.481 e. The van der Waals surface area contributed by atoms with Gasteiger partial charge in [0.05, 0.1) is 22.6 Å². The summed E-state index contributed by atoms with van der Waals surface area (Å²) in [7, 11) is 0. The smallest absolute Gasteiger partial charge is 0.307 e. The number of hydrazone groups is 2. The first kappa shape index (κ1) is 29.4. The van der Waals surface area contributed by atoms with Crippen molar-refractivity contribution in [2.75, 3.05) is 0 Å². The molecular formula is C26H23N7O4S5. The first-order valence-corrected chi connectivity index (χ1v) is 16.1. The Hall–Kier alpha value is -4.06. The van der Waals surface area contributed by atoms with Gasteiger partial charge in [0.25, 0.3) is 0 Å². The molecule has 0 saturated heterocycles. The van der Waals surface area contributed by atoms with E-state index < -0.39 is 11.9 Å². The van der Waals surface area contributed by atoms with Gasteiger partial charge in [0.1, 0.15) is 0 Å². The summed E-state index contributed by atoms with van der Waals surface area (Å²) in [6.45, 7) is 0. The molecule has 0 spiro atoms. The van der Waals surface area contributed by atoms with Crippen molar-refractivity contribution >= 4 is 80.3 Å². The van der Waals surface area contributed by atoms with Crippen molar-refractivity contribution in [2.24, 2.45) is 33.5 Å². The molecule has 0 aliphatic carbocycles. The van der Waals surface area contributed by atoms with Crippen molar-refractivity contribution in [3.05, 3.63) is 69.4 Å². The van der Waals surface area contributed by atoms with Crippen LogP contribution in [-0.4, -0.2) is 33.8 Å². The van der Waals surface area contributed by atoms with Gasteiger partial charge >= 0.3 is 11.9 Å². The molecule has 5 aromatic heterocycles. The van der Waals surface area contributed by atoms with Crippen molar-refractivity contribution in [1.29, 1.82) is 0 Å². The molecule has 0 fully saturated rings. The van der Waals surface area contributed by atoms with Crippen LogP contribution in [0.5, 0.6) is 0 Å². The van der Waals surface area contributed by atoms with Gasteiger partial charge in [-0.15, -0.1) is 56.7 Å². The monoisotopic (exact) mass is 657 g/mol. The van der Waals surface area contributed by atoms with Crippen LogP contribution in [0.2, 0.25) is 0 Å². The minimum absolute atomic E-state index is 0.135. The van der Waals surface area contributed by atoms with E-state index in [1.54, 1.807) is 0 Å². The number of carboxylic acids is 2. The topological polar surface area (TPSA) is 215 Å². The van der Waals surface area contributed by atoms with E-state index in [2.05, 4.69) is 15.6 Å². The molecule has 0 bridgehead atoms. The van der Waals surface area contributed by atoms with Gasteiger partial charge in [0.2, 0.25) is 0 Å². The van der Waals surface area contributed by atoms with E-state index in [0.29, 0.717) is 17.0 Å². The van der Waals surface area contributed by atoms with E-state index in [-0.39, 0.29) is 18.7 Å². The second-order valence-corrected chi connectivity index (χ2v) is 14.1. The third-order valence-electron chi connectivity index (χ3n) is 5.94. The summed E-state index contributed by atoms with van der Waals surface area (Å²) in [5, 5.41) is 26.4. The van der Waals surface area contributed by atoms with Crippen LogP contribution in [-0.2, 0) is 22.4 Å². The number of thiophene rings is 5. The fraction of sp³-hybridized carbons (Fsp3) is 0.0769. The fourth-order valence-electron chi connectivity index (χ4n) is 4.13. The fourth-order valence-corrected chi connectivity index (χ4v) is 9.83. The molecule has 42 heavy (non-hydrogen) atoms. The molecule has 5 rings (SSSR count). The Labute approximate surface area is 259 Å². The Bertz CT molecular complexity index is 1840. The number of hydrazine groups is 1. The lowest BCUT2D eigenvalue weighted by Gasteiger charge is -1.99. The number of carboxylic acid groups (broad SMARTS) is 2. The molecule has 0 aliphatic rings. The zero-order chi connectivity index (χ0) is 30.0. The van der Waals surface area contributed by atoms with Crippen LogP contribution >= 0.6 is 56.7 Å². The Morgan fingerprint density at radius 3 is 1.60 bits per heavy atom. The van der Waals surface area contributed by atoms with Crippen LogP contribution in [0.25, 0.3) is 39.0 Å². The molecule has 16 heteroatoms. The zero-order valence-corrected chi connectivity index (χ0v) is 25.6. The summed E-state index contributed by atoms with van der Waals surface area (Å²) < 4.78 is 0. The summed E-state index contributed by atoms with van der Waals surface area (Å²) in [4.78, 5) is 32.0. The van der Waals surface area contributed by atoms with E-state index in [9.17, 15) is 19.8 Å². The highest BCUT2D eigenvalue weighted by molar-refractivity contribution is 7.30. The van der Waals surface area contributed by atoms with Crippen molar-refractivity contribution in [1.82, 2.24) is 5.43 Å². The third kappa shape index (κ3) is 6.08. The average Bonchev–Trinajstić information content (AvgIpc) is 3.77. The molecule has 0 aromatic carbocycles. The number of nitrogens with zero attached hydrogens (tertiary/aromatic N) is 2. The molecule has 0 radical (unpaired) electrons. The van der Waals surface area contributed by atoms with Gasteiger partial charge in [-0.2, -0.15) is 10.2 Å². The molecule has 0 atom stereocenters. The number of rotatable bonds is 10. The van der Waals surface area contributed by atoms with Crippen LogP contribution in [0.15, 0.2) is 58.7 Å². The Kier molecular flexibility index (Phi) is 8.72. The second kappa shape index (κ2) is 12.4. The maximum absolute atomic E-state index is 11.7. The van der Waals surface area contributed by atoms with Crippen LogP contribution in [0.4, 0.5) is 0 Å². The van der Waals surface area contributed by atoms with Gasteiger partial charge in [-0.05, 0) is 59.7 Å². The summed E-state index contributed by atoms with van der Waals surface area (Å²) in [6.07, 6.45) is -0.274. The number of carbonyl (C=O) groups is 2.